The second kappa shape index (κ2) is 4.40. The quantitative estimate of drug-likeness (QED) is 0.454. The van der Waals surface area contributed by atoms with Gasteiger partial charge in [-0.25, -0.2) is 0 Å². The van der Waals surface area contributed by atoms with Crippen LogP contribution < -0.4 is 0 Å². The van der Waals surface area contributed by atoms with Crippen LogP contribution in [0.4, 0.5) is 0 Å². The Morgan fingerprint density at radius 2 is 1.82 bits per heavy atom. The van der Waals surface area contributed by atoms with E-state index in [-0.39, 0.29) is 4.77 Å². The van der Waals surface area contributed by atoms with Crippen LogP contribution in [0.2, 0.25) is 6.82 Å². The highest BCUT2D eigenvalue weighted by atomic mass is 35.5. The SMILES string of the molecule is CBC(Cl)(C(C)C)C(C)CC. The lowest BCUT2D eigenvalue weighted by atomic mass is 9.55. The fraction of sp³-hybridized carbons (Fsp3) is 1.00. The Bertz CT molecular complexity index is 114. The lowest BCUT2D eigenvalue weighted by Crippen LogP contribution is -2.40. The Kier molecular flexibility index (Phi) is 4.54. The topological polar surface area (TPSA) is 0 Å². The van der Waals surface area contributed by atoms with Crippen molar-refractivity contribution in [2.24, 2.45) is 11.8 Å². The Morgan fingerprint density at radius 1 is 1.36 bits per heavy atom. The molecule has 11 heavy (non-hydrogen) atoms. The van der Waals surface area contributed by atoms with E-state index in [1.54, 1.807) is 0 Å². The molecule has 2 heteroatoms. The van der Waals surface area contributed by atoms with E-state index in [4.69, 9.17) is 11.6 Å². The van der Waals surface area contributed by atoms with Crippen LogP contribution in [0.15, 0.2) is 0 Å². The zero-order valence-corrected chi connectivity index (χ0v) is 9.20. The van der Waals surface area contributed by atoms with Crippen molar-refractivity contribution in [2.75, 3.05) is 0 Å². The summed E-state index contributed by atoms with van der Waals surface area (Å²) in [6.07, 6.45) is 1.18. The monoisotopic (exact) mass is 174 g/mol. The Hall–Kier alpha value is 0.355. The van der Waals surface area contributed by atoms with Crippen molar-refractivity contribution in [3.63, 3.8) is 0 Å². The normalized spacial score (nSPS) is 19.5. The third-order valence-electron chi connectivity index (χ3n) is 2.93. The maximum absolute atomic E-state index is 6.51. The van der Waals surface area contributed by atoms with Crippen molar-refractivity contribution in [3.8, 4) is 0 Å². The summed E-state index contributed by atoms with van der Waals surface area (Å²) in [6, 6.07) is 0. The summed E-state index contributed by atoms with van der Waals surface area (Å²) in [6.45, 7) is 11.1. The molecule has 0 rings (SSSR count). The van der Waals surface area contributed by atoms with Crippen LogP contribution >= 0.6 is 11.6 Å². The van der Waals surface area contributed by atoms with Crippen LogP contribution in [0.1, 0.15) is 34.1 Å². The standard InChI is InChI=1S/C9H20BCl/c1-6-8(4)9(11,10-5)7(2)3/h7-8,10H,6H2,1-5H3. The molecule has 0 saturated carbocycles. The zero-order chi connectivity index (χ0) is 9.07. The molecule has 0 aliphatic heterocycles. The number of halogens is 1. The lowest BCUT2D eigenvalue weighted by Gasteiger charge is -2.35. The Labute approximate surface area is 76.9 Å². The molecule has 66 valence electrons. The Morgan fingerprint density at radius 3 is 1.91 bits per heavy atom. The molecular formula is C9H20BCl. The number of rotatable bonds is 4. The highest BCUT2D eigenvalue weighted by Crippen LogP contribution is 2.34. The lowest BCUT2D eigenvalue weighted by molar-refractivity contribution is 0.392. The van der Waals surface area contributed by atoms with Gasteiger partial charge in [-0.05, 0) is 11.8 Å². The van der Waals surface area contributed by atoms with Crippen LogP contribution in [0.25, 0.3) is 0 Å². The van der Waals surface area contributed by atoms with E-state index in [2.05, 4.69) is 34.5 Å². The Balaban J connectivity index is 4.32. The van der Waals surface area contributed by atoms with E-state index in [0.29, 0.717) is 11.8 Å². The molecule has 0 nitrogen and oxygen atoms in total. The van der Waals surface area contributed by atoms with Crippen LogP contribution in [0, 0.1) is 11.8 Å². The molecule has 0 aliphatic carbocycles. The minimum atomic E-state index is 0.0226. The summed E-state index contributed by atoms with van der Waals surface area (Å²) in [7, 11) is 1.07. The first-order chi connectivity index (χ1) is 4.99. The van der Waals surface area contributed by atoms with Crippen LogP contribution in [-0.4, -0.2) is 12.1 Å². The van der Waals surface area contributed by atoms with Gasteiger partial charge in [-0.15, -0.1) is 11.6 Å². The molecule has 0 spiro atoms. The van der Waals surface area contributed by atoms with Gasteiger partial charge in [0.2, 0.25) is 0 Å². The van der Waals surface area contributed by atoms with Crippen molar-refractivity contribution >= 4 is 18.9 Å². The average molecular weight is 175 g/mol. The molecular weight excluding hydrogens is 154 g/mol. The maximum atomic E-state index is 6.51. The minimum Gasteiger partial charge on any atom is -0.128 e. The largest absolute Gasteiger partial charge is 0.144 e. The molecule has 0 aromatic carbocycles. The second-order valence-electron chi connectivity index (χ2n) is 3.74. The minimum absolute atomic E-state index is 0.0226. The third kappa shape index (κ3) is 2.40. The summed E-state index contributed by atoms with van der Waals surface area (Å²) < 4.78 is 0.0226. The van der Waals surface area contributed by atoms with Crippen molar-refractivity contribution in [3.05, 3.63) is 0 Å². The van der Waals surface area contributed by atoms with Gasteiger partial charge in [0.1, 0.15) is 7.28 Å². The second-order valence-corrected chi connectivity index (χ2v) is 4.45. The third-order valence-corrected chi connectivity index (χ3v) is 4.01. The molecule has 0 aliphatic rings. The first kappa shape index (κ1) is 11.4. The average Bonchev–Trinajstić information content (AvgIpc) is 2.01. The summed E-state index contributed by atoms with van der Waals surface area (Å²) in [5, 5.41) is 0. The molecule has 2 unspecified atom stereocenters. The molecule has 2 atom stereocenters. The first-order valence-electron chi connectivity index (χ1n) is 4.67. The number of hydrogen-bond donors (Lipinski definition) is 0. The van der Waals surface area contributed by atoms with Crippen molar-refractivity contribution in [1.29, 1.82) is 0 Å². The van der Waals surface area contributed by atoms with Crippen molar-refractivity contribution in [2.45, 2.75) is 45.7 Å². The fourth-order valence-electron chi connectivity index (χ4n) is 1.67. The smallest absolute Gasteiger partial charge is 0.128 e. The van der Waals surface area contributed by atoms with E-state index >= 15 is 0 Å². The molecule has 0 N–H and O–H groups in total. The van der Waals surface area contributed by atoms with E-state index in [9.17, 15) is 0 Å². The van der Waals surface area contributed by atoms with Gasteiger partial charge in [0.25, 0.3) is 0 Å². The highest BCUT2D eigenvalue weighted by molar-refractivity contribution is 6.56. The maximum Gasteiger partial charge on any atom is 0.144 e. The van der Waals surface area contributed by atoms with E-state index in [0.717, 1.165) is 7.28 Å². The molecule has 0 aromatic rings. The van der Waals surface area contributed by atoms with E-state index in [1.807, 2.05) is 0 Å². The van der Waals surface area contributed by atoms with Crippen LogP contribution in [-0.2, 0) is 0 Å². The van der Waals surface area contributed by atoms with Crippen molar-refractivity contribution < 1.29 is 0 Å². The van der Waals surface area contributed by atoms with E-state index in [1.165, 1.54) is 6.42 Å². The van der Waals surface area contributed by atoms with Crippen molar-refractivity contribution in [1.82, 2.24) is 0 Å². The highest BCUT2D eigenvalue weighted by Gasteiger charge is 2.34. The van der Waals surface area contributed by atoms with Crippen LogP contribution in [0.5, 0.6) is 0 Å². The van der Waals surface area contributed by atoms with Gasteiger partial charge in [0.05, 0.1) is 0 Å². The van der Waals surface area contributed by atoms with Gasteiger partial charge >= 0.3 is 0 Å². The molecule has 0 aromatic heterocycles. The molecule has 0 saturated heterocycles. The van der Waals surface area contributed by atoms with Gasteiger partial charge in [0.15, 0.2) is 0 Å². The summed E-state index contributed by atoms with van der Waals surface area (Å²) in [4.78, 5) is 0. The van der Waals surface area contributed by atoms with Gasteiger partial charge in [-0.2, -0.15) is 0 Å². The molecule has 0 amide bonds. The summed E-state index contributed by atoms with van der Waals surface area (Å²) in [5.41, 5.74) is 0. The first-order valence-corrected chi connectivity index (χ1v) is 5.05. The molecule has 0 bridgehead atoms. The zero-order valence-electron chi connectivity index (χ0n) is 8.45. The van der Waals surface area contributed by atoms with E-state index < -0.39 is 0 Å². The van der Waals surface area contributed by atoms with Gasteiger partial charge in [0, 0.05) is 4.77 Å². The van der Waals surface area contributed by atoms with Crippen LogP contribution in [0.3, 0.4) is 0 Å². The van der Waals surface area contributed by atoms with Gasteiger partial charge in [-0.1, -0.05) is 40.9 Å². The van der Waals surface area contributed by atoms with Gasteiger partial charge in [-0.3, -0.25) is 0 Å². The number of hydrogen-bond acceptors (Lipinski definition) is 0. The predicted octanol–water partition coefficient (Wildman–Crippen LogP) is 3.11. The molecule has 0 radical (unpaired) electrons. The van der Waals surface area contributed by atoms with Gasteiger partial charge < -0.3 is 0 Å². The summed E-state index contributed by atoms with van der Waals surface area (Å²) >= 11 is 6.51. The molecule has 0 heterocycles. The predicted molar refractivity (Wildman–Crippen MR) is 55.9 cm³/mol. The molecule has 0 fully saturated rings. The fourth-order valence-corrected chi connectivity index (χ4v) is 1.82. The number of alkyl halides is 1. The summed E-state index contributed by atoms with van der Waals surface area (Å²) in [5.74, 6) is 1.19.